The molecule has 3 aliphatic rings. The zero-order chi connectivity index (χ0) is 14.1. The highest BCUT2D eigenvalue weighted by molar-refractivity contribution is 5.16. The molecule has 0 aromatic heterocycles. The Bertz CT molecular complexity index is 448. The van der Waals surface area contributed by atoms with Crippen molar-refractivity contribution >= 4 is 0 Å². The molecule has 1 saturated heterocycles. The van der Waals surface area contributed by atoms with Gasteiger partial charge in [0.1, 0.15) is 0 Å². The maximum Gasteiger partial charge on any atom is 0.0252 e. The van der Waals surface area contributed by atoms with E-state index in [1.165, 1.54) is 63.6 Å². The Balaban J connectivity index is 1.43. The van der Waals surface area contributed by atoms with Crippen LogP contribution >= 0.6 is 0 Å². The van der Waals surface area contributed by atoms with Crippen LogP contribution in [-0.4, -0.2) is 36.1 Å². The molecule has 3 fully saturated rings. The maximum absolute atomic E-state index is 3.85. The summed E-state index contributed by atoms with van der Waals surface area (Å²) in [6.45, 7) is 2.49. The third-order valence-corrected chi connectivity index (χ3v) is 5.76. The topological polar surface area (TPSA) is 15.3 Å². The maximum atomic E-state index is 3.85. The molecule has 2 nitrogen and oxygen atoms in total. The van der Waals surface area contributed by atoms with Gasteiger partial charge in [0.2, 0.25) is 0 Å². The Morgan fingerprint density at radius 1 is 1.00 bits per heavy atom. The molecule has 1 aliphatic heterocycles. The summed E-state index contributed by atoms with van der Waals surface area (Å²) in [4.78, 5) is 2.91. The highest BCUT2D eigenvalue weighted by atomic mass is 15.3. The number of nitrogens with zero attached hydrogens (tertiary/aromatic N) is 1. The lowest BCUT2D eigenvalue weighted by molar-refractivity contribution is 0.0710. The largest absolute Gasteiger partial charge is 0.311 e. The third kappa shape index (κ3) is 3.17. The first kappa shape index (κ1) is 13.8. The van der Waals surface area contributed by atoms with Gasteiger partial charge >= 0.3 is 0 Å². The molecule has 21 heavy (non-hydrogen) atoms. The van der Waals surface area contributed by atoms with Crippen LogP contribution in [0.5, 0.6) is 0 Å². The molecule has 2 aliphatic carbocycles. The molecule has 1 N–H and O–H groups in total. The van der Waals surface area contributed by atoms with Gasteiger partial charge in [0, 0.05) is 31.2 Å². The normalized spacial score (nSPS) is 31.6. The van der Waals surface area contributed by atoms with Gasteiger partial charge in [-0.3, -0.25) is 4.90 Å². The van der Waals surface area contributed by atoms with Gasteiger partial charge < -0.3 is 5.32 Å². The van der Waals surface area contributed by atoms with Crippen molar-refractivity contribution in [2.45, 2.75) is 63.1 Å². The first-order valence-electron chi connectivity index (χ1n) is 8.93. The fourth-order valence-corrected chi connectivity index (χ4v) is 4.47. The van der Waals surface area contributed by atoms with Crippen molar-refractivity contribution in [2.75, 3.05) is 13.1 Å². The van der Waals surface area contributed by atoms with E-state index in [4.69, 9.17) is 0 Å². The smallest absolute Gasteiger partial charge is 0.0252 e. The van der Waals surface area contributed by atoms with Crippen molar-refractivity contribution in [1.29, 1.82) is 0 Å². The molecular formula is C19H28N2. The molecule has 0 radical (unpaired) electrons. The first-order valence-corrected chi connectivity index (χ1v) is 8.93. The molecule has 0 amide bonds. The average molecular weight is 284 g/mol. The van der Waals surface area contributed by atoms with E-state index in [2.05, 4.69) is 40.5 Å². The molecule has 0 bridgehead atoms. The molecule has 2 unspecified atom stereocenters. The lowest BCUT2D eigenvalue weighted by atomic mass is 9.97. The second-order valence-electron chi connectivity index (χ2n) is 7.33. The fraction of sp³-hybridized carbons (Fsp3) is 0.684. The van der Waals surface area contributed by atoms with E-state index in [1.807, 2.05) is 0 Å². The molecule has 2 heteroatoms. The third-order valence-electron chi connectivity index (χ3n) is 5.76. The molecule has 0 spiro atoms. The Morgan fingerprint density at radius 3 is 2.48 bits per heavy atom. The minimum atomic E-state index is 0.642. The number of nitrogens with one attached hydrogen (secondary N) is 1. The van der Waals surface area contributed by atoms with Crippen molar-refractivity contribution in [1.82, 2.24) is 10.2 Å². The second-order valence-corrected chi connectivity index (χ2v) is 7.33. The summed E-state index contributed by atoms with van der Waals surface area (Å²) in [5.74, 6) is 0.996. The van der Waals surface area contributed by atoms with Gasteiger partial charge in [0.05, 0.1) is 0 Å². The highest BCUT2D eigenvalue weighted by Gasteiger charge is 2.41. The van der Waals surface area contributed by atoms with Crippen molar-refractivity contribution in [3.8, 4) is 0 Å². The van der Waals surface area contributed by atoms with E-state index in [0.29, 0.717) is 6.04 Å². The predicted molar refractivity (Wildman–Crippen MR) is 87.4 cm³/mol. The lowest BCUT2D eigenvalue weighted by Crippen LogP contribution is -2.60. The summed E-state index contributed by atoms with van der Waals surface area (Å²) in [5.41, 5.74) is 1.48. The molecular weight excluding hydrogens is 256 g/mol. The second kappa shape index (κ2) is 6.10. The van der Waals surface area contributed by atoms with Gasteiger partial charge in [-0.1, -0.05) is 43.2 Å². The van der Waals surface area contributed by atoms with Crippen LogP contribution in [0.2, 0.25) is 0 Å². The molecule has 2 atom stereocenters. The van der Waals surface area contributed by atoms with Crippen LogP contribution in [0.4, 0.5) is 0 Å². The average Bonchev–Trinajstić information content (AvgIpc) is 3.22. The number of piperazine rings is 1. The highest BCUT2D eigenvalue weighted by Crippen LogP contribution is 2.39. The number of hydrogen-bond acceptors (Lipinski definition) is 2. The number of benzene rings is 1. The fourth-order valence-electron chi connectivity index (χ4n) is 4.47. The van der Waals surface area contributed by atoms with Crippen LogP contribution in [0.15, 0.2) is 30.3 Å². The quantitative estimate of drug-likeness (QED) is 0.913. The summed E-state index contributed by atoms with van der Waals surface area (Å²) in [6, 6.07) is 13.4. The van der Waals surface area contributed by atoms with Gasteiger partial charge in [-0.2, -0.15) is 0 Å². The Hall–Kier alpha value is -0.860. The van der Waals surface area contributed by atoms with Gasteiger partial charge in [0.25, 0.3) is 0 Å². The van der Waals surface area contributed by atoms with Crippen LogP contribution in [0.3, 0.4) is 0 Å². The molecule has 4 rings (SSSR count). The van der Waals surface area contributed by atoms with E-state index < -0.39 is 0 Å². The number of hydrogen-bond donors (Lipinski definition) is 1. The summed E-state index contributed by atoms with van der Waals surface area (Å²) in [6.07, 6.45) is 9.92. The summed E-state index contributed by atoms with van der Waals surface area (Å²) in [5, 5.41) is 3.85. The van der Waals surface area contributed by atoms with E-state index in [9.17, 15) is 0 Å². The van der Waals surface area contributed by atoms with Crippen LogP contribution in [-0.2, 0) is 6.42 Å². The van der Waals surface area contributed by atoms with E-state index in [1.54, 1.807) is 0 Å². The van der Waals surface area contributed by atoms with E-state index in [-0.39, 0.29) is 0 Å². The first-order chi connectivity index (χ1) is 10.4. The minimum Gasteiger partial charge on any atom is -0.311 e. The summed E-state index contributed by atoms with van der Waals surface area (Å²) < 4.78 is 0. The minimum absolute atomic E-state index is 0.642. The Kier molecular flexibility index (Phi) is 4.00. The van der Waals surface area contributed by atoms with Gasteiger partial charge in [-0.05, 0) is 43.6 Å². The molecule has 114 valence electrons. The van der Waals surface area contributed by atoms with Gasteiger partial charge in [-0.25, -0.2) is 0 Å². The van der Waals surface area contributed by atoms with Gasteiger partial charge in [-0.15, -0.1) is 0 Å². The van der Waals surface area contributed by atoms with Crippen LogP contribution in [0.1, 0.15) is 44.1 Å². The zero-order valence-electron chi connectivity index (χ0n) is 13.0. The monoisotopic (exact) mass is 284 g/mol. The summed E-state index contributed by atoms with van der Waals surface area (Å²) in [7, 11) is 0. The van der Waals surface area contributed by atoms with Crippen LogP contribution in [0.25, 0.3) is 0 Å². The summed E-state index contributed by atoms with van der Waals surface area (Å²) >= 11 is 0. The number of rotatable bonds is 4. The van der Waals surface area contributed by atoms with E-state index >= 15 is 0 Å². The SMILES string of the molecule is c1ccc(CC2CN(C3CCCC3)C(C3CC3)CN2)cc1. The predicted octanol–water partition coefficient (Wildman–Crippen LogP) is 3.22. The van der Waals surface area contributed by atoms with Crippen molar-refractivity contribution < 1.29 is 0 Å². The van der Waals surface area contributed by atoms with Crippen molar-refractivity contribution in [3.05, 3.63) is 35.9 Å². The Morgan fingerprint density at radius 2 is 1.76 bits per heavy atom. The van der Waals surface area contributed by atoms with E-state index in [0.717, 1.165) is 18.0 Å². The van der Waals surface area contributed by atoms with Gasteiger partial charge in [0.15, 0.2) is 0 Å². The van der Waals surface area contributed by atoms with Crippen LogP contribution < -0.4 is 5.32 Å². The zero-order valence-corrected chi connectivity index (χ0v) is 13.0. The molecule has 2 saturated carbocycles. The molecule has 1 heterocycles. The lowest BCUT2D eigenvalue weighted by Gasteiger charge is -2.44. The van der Waals surface area contributed by atoms with Crippen LogP contribution in [0, 0.1) is 5.92 Å². The molecule has 1 aromatic rings. The Labute approximate surface area is 128 Å². The standard InChI is InChI=1S/C19H28N2/c1-2-6-15(7-3-1)12-17-14-21(18-8-4-5-9-18)19(13-20-17)16-10-11-16/h1-3,6-7,16-20H,4-5,8-14H2. The van der Waals surface area contributed by atoms with Crippen molar-refractivity contribution in [2.24, 2.45) is 5.92 Å². The molecule has 1 aromatic carbocycles. The van der Waals surface area contributed by atoms with Crippen molar-refractivity contribution in [3.63, 3.8) is 0 Å².